The van der Waals surface area contributed by atoms with Gasteiger partial charge < -0.3 is 0 Å². The molecule has 0 fully saturated rings. The lowest BCUT2D eigenvalue weighted by Crippen LogP contribution is -1.98. The van der Waals surface area contributed by atoms with E-state index in [9.17, 15) is 0 Å². The first-order chi connectivity index (χ1) is 11.1. The molecule has 0 aromatic heterocycles. The summed E-state index contributed by atoms with van der Waals surface area (Å²) < 4.78 is 0. The van der Waals surface area contributed by atoms with E-state index in [0.29, 0.717) is 5.92 Å². The van der Waals surface area contributed by atoms with Crippen molar-refractivity contribution in [3.8, 4) is 0 Å². The van der Waals surface area contributed by atoms with E-state index in [1.54, 1.807) is 6.08 Å². The van der Waals surface area contributed by atoms with Crippen molar-refractivity contribution in [3.63, 3.8) is 0 Å². The van der Waals surface area contributed by atoms with Gasteiger partial charge in [-0.05, 0) is 42.2 Å². The predicted octanol–water partition coefficient (Wildman–Crippen LogP) is 6.45. The highest BCUT2D eigenvalue weighted by Crippen LogP contribution is 2.21. The Morgan fingerprint density at radius 1 is 0.957 bits per heavy atom. The lowest BCUT2D eigenvalue weighted by atomic mass is 9.92. The van der Waals surface area contributed by atoms with Crippen LogP contribution in [0.25, 0.3) is 12.2 Å². The van der Waals surface area contributed by atoms with Crippen LogP contribution >= 0.6 is 0 Å². The fourth-order valence-electron chi connectivity index (χ4n) is 2.57. The maximum atomic E-state index is 4.12. The first kappa shape index (κ1) is 16.8. The van der Waals surface area contributed by atoms with E-state index >= 15 is 0 Å². The average Bonchev–Trinajstić information content (AvgIpc) is 2.51. The number of hydrogen-bond acceptors (Lipinski definition) is 0. The Balaban J connectivity index is 2.06. The highest BCUT2D eigenvalue weighted by molar-refractivity contribution is 5.60. The molecule has 116 valence electrons. The van der Waals surface area contributed by atoms with Gasteiger partial charge in [0.15, 0.2) is 0 Å². The van der Waals surface area contributed by atoms with Crippen LogP contribution in [-0.2, 0) is 0 Å². The van der Waals surface area contributed by atoms with E-state index in [-0.39, 0.29) is 0 Å². The van der Waals surface area contributed by atoms with Crippen molar-refractivity contribution in [3.05, 3.63) is 108 Å². The van der Waals surface area contributed by atoms with E-state index in [4.69, 9.17) is 0 Å². The second-order valence-corrected chi connectivity index (χ2v) is 5.86. The SMILES string of the molecule is C=C/C=C/c1cc(C)cc(/C=C/C=C\C2C=CC(C)=CC2=C)c1. The summed E-state index contributed by atoms with van der Waals surface area (Å²) in [7, 11) is 0. The summed E-state index contributed by atoms with van der Waals surface area (Å²) in [4.78, 5) is 0. The smallest absolute Gasteiger partial charge is 0.0199 e. The molecule has 0 radical (unpaired) electrons. The minimum absolute atomic E-state index is 0.298. The summed E-state index contributed by atoms with van der Waals surface area (Å²) in [6.45, 7) is 12.0. The number of hydrogen-bond donors (Lipinski definition) is 0. The van der Waals surface area contributed by atoms with Crippen molar-refractivity contribution in [1.82, 2.24) is 0 Å². The topological polar surface area (TPSA) is 0 Å². The molecule has 0 amide bonds. The van der Waals surface area contributed by atoms with Crippen LogP contribution in [-0.4, -0.2) is 0 Å². The zero-order chi connectivity index (χ0) is 16.7. The molecule has 0 saturated heterocycles. The maximum absolute atomic E-state index is 4.12. The summed E-state index contributed by atoms with van der Waals surface area (Å²) in [5, 5.41) is 0. The van der Waals surface area contributed by atoms with Crippen LogP contribution < -0.4 is 0 Å². The zero-order valence-electron chi connectivity index (χ0n) is 14.0. The lowest BCUT2D eigenvalue weighted by molar-refractivity contribution is 0.990. The predicted molar refractivity (Wildman–Crippen MR) is 104 cm³/mol. The third-order valence-corrected chi connectivity index (χ3v) is 3.67. The fourth-order valence-corrected chi connectivity index (χ4v) is 2.57. The van der Waals surface area contributed by atoms with Gasteiger partial charge in [0.2, 0.25) is 0 Å². The van der Waals surface area contributed by atoms with Crippen LogP contribution in [0.4, 0.5) is 0 Å². The fraction of sp³-hybridized carbons (Fsp3) is 0.130. The molecule has 0 bridgehead atoms. The first-order valence-corrected chi connectivity index (χ1v) is 7.89. The Bertz CT molecular complexity index is 733. The van der Waals surface area contributed by atoms with Gasteiger partial charge in [-0.1, -0.05) is 91.6 Å². The van der Waals surface area contributed by atoms with Crippen LogP contribution in [0.5, 0.6) is 0 Å². The van der Waals surface area contributed by atoms with Crippen molar-refractivity contribution < 1.29 is 0 Å². The number of aryl methyl sites for hydroxylation is 1. The van der Waals surface area contributed by atoms with Crippen molar-refractivity contribution in [2.24, 2.45) is 5.92 Å². The summed E-state index contributed by atoms with van der Waals surface area (Å²) in [5.41, 5.74) is 6.05. The van der Waals surface area contributed by atoms with Crippen LogP contribution in [0.15, 0.2) is 91.1 Å². The van der Waals surface area contributed by atoms with Gasteiger partial charge in [0.1, 0.15) is 0 Å². The molecule has 1 unspecified atom stereocenters. The molecule has 2 rings (SSSR count). The molecule has 1 aliphatic rings. The minimum Gasteiger partial charge on any atom is -0.0991 e. The van der Waals surface area contributed by atoms with Crippen molar-refractivity contribution in [2.75, 3.05) is 0 Å². The Morgan fingerprint density at radius 3 is 2.30 bits per heavy atom. The molecule has 23 heavy (non-hydrogen) atoms. The van der Waals surface area contributed by atoms with Gasteiger partial charge in [0, 0.05) is 5.92 Å². The Labute approximate surface area is 140 Å². The van der Waals surface area contributed by atoms with Crippen molar-refractivity contribution in [1.29, 1.82) is 0 Å². The molecule has 0 heterocycles. The standard InChI is InChI=1S/C23H24/c1-5-6-9-21-15-19(3)16-22(17-21)10-7-8-11-23-13-12-18(2)14-20(23)4/h5-17,23H,1,4H2,2-3H3/b9-6+,10-7+,11-8-. The second-order valence-electron chi connectivity index (χ2n) is 5.86. The summed E-state index contributed by atoms with van der Waals surface area (Å²) >= 11 is 0. The van der Waals surface area contributed by atoms with Crippen molar-refractivity contribution >= 4 is 12.2 Å². The maximum Gasteiger partial charge on any atom is 0.0199 e. The van der Waals surface area contributed by atoms with Crippen molar-refractivity contribution in [2.45, 2.75) is 13.8 Å². The normalized spacial score (nSPS) is 18.3. The third kappa shape index (κ3) is 5.27. The van der Waals surface area contributed by atoms with Gasteiger partial charge in [0.25, 0.3) is 0 Å². The van der Waals surface area contributed by atoms with E-state index in [1.165, 1.54) is 22.3 Å². The van der Waals surface area contributed by atoms with Crippen LogP contribution in [0.1, 0.15) is 23.6 Å². The molecular weight excluding hydrogens is 276 g/mol. The molecule has 1 atom stereocenters. The lowest BCUT2D eigenvalue weighted by Gasteiger charge is -2.13. The molecular formula is C23H24. The number of allylic oxidation sites excluding steroid dienone is 10. The molecule has 0 saturated carbocycles. The van der Waals surface area contributed by atoms with Gasteiger partial charge in [0.05, 0.1) is 0 Å². The van der Waals surface area contributed by atoms with Gasteiger partial charge in [-0.25, -0.2) is 0 Å². The largest absolute Gasteiger partial charge is 0.0991 e. The molecule has 1 aromatic carbocycles. The van der Waals surface area contributed by atoms with Gasteiger partial charge in [-0.3, -0.25) is 0 Å². The molecule has 0 aliphatic heterocycles. The van der Waals surface area contributed by atoms with Crippen LogP contribution in [0.3, 0.4) is 0 Å². The number of rotatable bonds is 5. The van der Waals surface area contributed by atoms with E-state index in [0.717, 1.165) is 5.57 Å². The summed E-state index contributed by atoms with van der Waals surface area (Å²) in [6.07, 6.45) is 20.8. The molecule has 0 N–H and O–H groups in total. The van der Waals surface area contributed by atoms with E-state index in [1.807, 2.05) is 6.08 Å². The molecule has 1 aliphatic carbocycles. The van der Waals surface area contributed by atoms with Crippen LogP contribution in [0.2, 0.25) is 0 Å². The van der Waals surface area contributed by atoms with Gasteiger partial charge >= 0.3 is 0 Å². The highest BCUT2D eigenvalue weighted by Gasteiger charge is 2.06. The first-order valence-electron chi connectivity index (χ1n) is 7.89. The Kier molecular flexibility index (Phi) is 5.94. The zero-order valence-corrected chi connectivity index (χ0v) is 14.0. The number of benzene rings is 1. The van der Waals surface area contributed by atoms with E-state index < -0.39 is 0 Å². The Hall–Kier alpha value is -2.60. The summed E-state index contributed by atoms with van der Waals surface area (Å²) in [5.74, 6) is 0.298. The molecule has 0 spiro atoms. The Morgan fingerprint density at radius 2 is 1.65 bits per heavy atom. The molecule has 0 heteroatoms. The quantitative estimate of drug-likeness (QED) is 0.548. The highest BCUT2D eigenvalue weighted by atomic mass is 14.1. The average molecular weight is 300 g/mol. The monoisotopic (exact) mass is 300 g/mol. The molecule has 0 nitrogen and oxygen atoms in total. The van der Waals surface area contributed by atoms with Crippen LogP contribution in [0, 0.1) is 12.8 Å². The third-order valence-electron chi connectivity index (χ3n) is 3.67. The minimum atomic E-state index is 0.298. The second kappa shape index (κ2) is 8.14. The van der Waals surface area contributed by atoms with E-state index in [2.05, 4.69) is 93.8 Å². The van der Waals surface area contributed by atoms with Gasteiger partial charge in [-0.15, -0.1) is 0 Å². The van der Waals surface area contributed by atoms with Gasteiger partial charge in [-0.2, -0.15) is 0 Å². The molecule has 1 aromatic rings. The summed E-state index contributed by atoms with van der Waals surface area (Å²) in [6, 6.07) is 6.52.